The van der Waals surface area contributed by atoms with E-state index in [9.17, 15) is 4.57 Å². The predicted molar refractivity (Wildman–Crippen MR) is 119 cm³/mol. The highest BCUT2D eigenvalue weighted by Gasteiger charge is 2.40. The van der Waals surface area contributed by atoms with E-state index in [1.807, 2.05) is 48.5 Å². The minimum Gasteiger partial charge on any atom is -0.344 e. The van der Waals surface area contributed by atoms with Crippen LogP contribution in [0.1, 0.15) is 0 Å². The number of hydrogen-bond donors (Lipinski definition) is 0. The highest BCUT2D eigenvalue weighted by atomic mass is 31.2. The van der Waals surface area contributed by atoms with Gasteiger partial charge in [-0.3, -0.25) is 0 Å². The fraction of sp³-hybridized carbons (Fsp3) is 0.0400. The van der Waals surface area contributed by atoms with Gasteiger partial charge in [-0.25, -0.2) is 0 Å². The van der Waals surface area contributed by atoms with E-state index in [-0.39, 0.29) is 0 Å². The average Bonchev–Trinajstić information content (AvgIpc) is 3.19. The Kier molecular flexibility index (Phi) is 3.11. The molecule has 1 aliphatic heterocycles. The Balaban J connectivity index is 1.80. The van der Waals surface area contributed by atoms with Gasteiger partial charge in [0.15, 0.2) is 7.14 Å². The summed E-state index contributed by atoms with van der Waals surface area (Å²) < 4.78 is 16.9. The van der Waals surface area contributed by atoms with Crippen LogP contribution in [-0.4, -0.2) is 4.57 Å². The number of aromatic nitrogens is 1. The lowest BCUT2D eigenvalue weighted by molar-refractivity contribution is 0.593. The van der Waals surface area contributed by atoms with Crippen molar-refractivity contribution in [2.45, 2.75) is 0 Å². The van der Waals surface area contributed by atoms with Crippen LogP contribution in [0.3, 0.4) is 0 Å². The summed E-state index contributed by atoms with van der Waals surface area (Å²) in [5.74, 6) is 0. The van der Waals surface area contributed by atoms with Gasteiger partial charge in [-0.1, -0.05) is 72.8 Å². The maximum atomic E-state index is 14.6. The van der Waals surface area contributed by atoms with E-state index in [1.54, 1.807) is 0 Å². The molecule has 0 saturated heterocycles. The maximum Gasteiger partial charge on any atom is 0.172 e. The Morgan fingerprint density at radius 3 is 2.21 bits per heavy atom. The third-order valence-electron chi connectivity index (χ3n) is 6.02. The zero-order valence-corrected chi connectivity index (χ0v) is 16.4. The van der Waals surface area contributed by atoms with Crippen LogP contribution in [0.15, 0.2) is 91.0 Å². The van der Waals surface area contributed by atoms with Crippen LogP contribution in [0.2, 0.25) is 0 Å². The number of hydrogen-bond acceptors (Lipinski definition) is 1. The van der Waals surface area contributed by atoms with Gasteiger partial charge in [0.25, 0.3) is 0 Å². The van der Waals surface area contributed by atoms with E-state index in [4.69, 9.17) is 0 Å². The van der Waals surface area contributed by atoms with E-state index in [1.165, 1.54) is 21.8 Å². The van der Waals surface area contributed by atoms with Crippen LogP contribution in [0, 0.1) is 0 Å². The molecular weight excluding hydrogens is 361 g/mol. The van der Waals surface area contributed by atoms with Crippen LogP contribution in [0.5, 0.6) is 0 Å². The average molecular weight is 379 g/mol. The topological polar surface area (TPSA) is 22.0 Å². The molecule has 1 aliphatic rings. The van der Waals surface area contributed by atoms with Gasteiger partial charge in [0, 0.05) is 44.8 Å². The van der Waals surface area contributed by atoms with Crippen molar-refractivity contribution in [3.05, 3.63) is 91.0 Å². The summed E-state index contributed by atoms with van der Waals surface area (Å²) in [5.41, 5.74) is 4.57. The van der Waals surface area contributed by atoms with Gasteiger partial charge in [-0.05, 0) is 29.3 Å². The fourth-order valence-corrected chi connectivity index (χ4v) is 7.77. The molecule has 5 aromatic rings. The third-order valence-corrected chi connectivity index (χ3v) is 9.17. The molecule has 0 radical (unpaired) electrons. The second-order valence-corrected chi connectivity index (χ2v) is 10.1. The summed E-state index contributed by atoms with van der Waals surface area (Å²) in [6.45, 7) is 0. The number of nitrogens with zero attached hydrogens (tertiary/aromatic N) is 1. The minimum absolute atomic E-state index is 0.904. The molecule has 2 nitrogen and oxygen atoms in total. The Hall–Kier alpha value is -3.09. The molecule has 1 unspecified atom stereocenters. The van der Waals surface area contributed by atoms with Gasteiger partial charge >= 0.3 is 0 Å². The number of benzene rings is 4. The van der Waals surface area contributed by atoms with E-state index >= 15 is 0 Å². The van der Waals surface area contributed by atoms with E-state index in [2.05, 4.69) is 54.1 Å². The molecule has 0 N–H and O–H groups in total. The lowest BCUT2D eigenvalue weighted by atomic mass is 10.0. The summed E-state index contributed by atoms with van der Waals surface area (Å²) in [6, 6.07) is 30.9. The van der Waals surface area contributed by atoms with Gasteiger partial charge in [-0.2, -0.15) is 0 Å². The van der Waals surface area contributed by atoms with Crippen molar-refractivity contribution in [1.29, 1.82) is 0 Å². The molecule has 3 heteroatoms. The largest absolute Gasteiger partial charge is 0.344 e. The van der Waals surface area contributed by atoms with Gasteiger partial charge in [0.2, 0.25) is 0 Å². The lowest BCUT2D eigenvalue weighted by Crippen LogP contribution is -2.20. The first-order valence-corrected chi connectivity index (χ1v) is 11.2. The first kappa shape index (κ1) is 15.9. The minimum atomic E-state index is -2.88. The lowest BCUT2D eigenvalue weighted by Gasteiger charge is -2.15. The zero-order valence-electron chi connectivity index (χ0n) is 15.5. The predicted octanol–water partition coefficient (Wildman–Crippen LogP) is 4.95. The Morgan fingerprint density at radius 1 is 0.643 bits per heavy atom. The summed E-state index contributed by atoms with van der Waals surface area (Å²) in [6.07, 6.45) is 0. The standard InChI is InChI=1S/C25H18NOP/c1-26-22-13-7-5-11-18(22)20-16-25-21(15-23(20)26)19-12-6-8-14-24(19)28(25,27)17-9-3-2-4-10-17/h2-16H,1H3. The van der Waals surface area contributed by atoms with Crippen LogP contribution in [0.25, 0.3) is 32.9 Å². The summed E-state index contributed by atoms with van der Waals surface area (Å²) >= 11 is 0. The second-order valence-electron chi connectivity index (χ2n) is 7.42. The molecule has 6 rings (SSSR count). The highest BCUT2D eigenvalue weighted by molar-refractivity contribution is 7.86. The zero-order chi connectivity index (χ0) is 18.9. The van der Waals surface area contributed by atoms with Crippen molar-refractivity contribution in [2.24, 2.45) is 7.05 Å². The van der Waals surface area contributed by atoms with Gasteiger partial charge in [0.05, 0.1) is 0 Å². The molecule has 0 saturated carbocycles. The normalized spacial score (nSPS) is 17.8. The van der Waals surface area contributed by atoms with E-state index < -0.39 is 7.14 Å². The molecule has 28 heavy (non-hydrogen) atoms. The van der Waals surface area contributed by atoms with Crippen molar-refractivity contribution < 1.29 is 4.57 Å². The van der Waals surface area contributed by atoms with Crippen molar-refractivity contribution in [2.75, 3.05) is 0 Å². The summed E-state index contributed by atoms with van der Waals surface area (Å²) in [7, 11) is -0.779. The molecule has 134 valence electrons. The summed E-state index contributed by atoms with van der Waals surface area (Å²) in [5, 5.41) is 5.19. The molecule has 0 fully saturated rings. The number of rotatable bonds is 1. The smallest absolute Gasteiger partial charge is 0.172 e. The van der Waals surface area contributed by atoms with Crippen molar-refractivity contribution in [3.63, 3.8) is 0 Å². The third kappa shape index (κ3) is 1.86. The monoisotopic (exact) mass is 379 g/mol. The molecule has 4 aromatic carbocycles. The van der Waals surface area contributed by atoms with Crippen LogP contribution < -0.4 is 15.9 Å². The van der Waals surface area contributed by atoms with Gasteiger partial charge in [-0.15, -0.1) is 0 Å². The van der Waals surface area contributed by atoms with Crippen LogP contribution in [0.4, 0.5) is 0 Å². The maximum absolute atomic E-state index is 14.6. The van der Waals surface area contributed by atoms with Gasteiger partial charge in [0.1, 0.15) is 0 Å². The van der Waals surface area contributed by atoms with Gasteiger partial charge < -0.3 is 9.13 Å². The molecule has 0 aliphatic carbocycles. The van der Waals surface area contributed by atoms with E-state index in [0.717, 1.165) is 27.0 Å². The molecule has 2 heterocycles. The first-order chi connectivity index (χ1) is 13.7. The van der Waals surface area contributed by atoms with Crippen LogP contribution in [-0.2, 0) is 11.6 Å². The second kappa shape index (κ2) is 5.47. The Morgan fingerprint density at radius 2 is 1.36 bits per heavy atom. The molecule has 0 amide bonds. The summed E-state index contributed by atoms with van der Waals surface area (Å²) in [4.78, 5) is 0. The van der Waals surface area contributed by atoms with Crippen molar-refractivity contribution in [1.82, 2.24) is 4.57 Å². The van der Waals surface area contributed by atoms with E-state index in [0.29, 0.717) is 0 Å². The van der Waals surface area contributed by atoms with Crippen LogP contribution >= 0.6 is 7.14 Å². The molecule has 0 bridgehead atoms. The number of para-hydroxylation sites is 1. The first-order valence-electron chi connectivity index (χ1n) is 9.47. The SMILES string of the molecule is Cn1c2ccccc2c2cc3c(cc21)-c1ccccc1P3(=O)c1ccccc1. The number of aryl methyl sites for hydroxylation is 1. The molecule has 1 aromatic heterocycles. The molecule has 0 spiro atoms. The highest BCUT2D eigenvalue weighted by Crippen LogP contribution is 2.53. The van der Waals surface area contributed by atoms with Crippen molar-refractivity contribution >= 4 is 44.9 Å². The van der Waals surface area contributed by atoms with Crippen molar-refractivity contribution in [3.8, 4) is 11.1 Å². The molecular formula is C25H18NOP. The quantitative estimate of drug-likeness (QED) is 0.371. The Labute approximate surface area is 163 Å². The molecule has 1 atom stereocenters. The number of fused-ring (bicyclic) bond motifs is 6. The fourth-order valence-electron chi connectivity index (χ4n) is 4.69. The Bertz CT molecular complexity index is 1450.